The monoisotopic (exact) mass is 510 g/mol. The first-order valence-corrected chi connectivity index (χ1v) is 14.3. The van der Waals surface area contributed by atoms with Crippen LogP contribution in [0.15, 0.2) is 88.7 Å². The smallest absolute Gasteiger partial charge is 0.264 e. The second-order valence-electron chi connectivity index (χ2n) is 9.45. The summed E-state index contributed by atoms with van der Waals surface area (Å²) in [7, 11) is -3.94. The maximum absolute atomic E-state index is 13.6. The van der Waals surface area contributed by atoms with Crippen LogP contribution in [-0.2, 0) is 20.2 Å². The summed E-state index contributed by atoms with van der Waals surface area (Å²) in [5.74, 6) is -0.341. The number of sulfonamides is 1. The number of nitrogens with one attached hydrogen (secondary N) is 1. The number of hydrogen-bond donors (Lipinski definition) is 1. The van der Waals surface area contributed by atoms with E-state index in [0.717, 1.165) is 16.9 Å². The highest BCUT2D eigenvalue weighted by Crippen LogP contribution is 2.29. The summed E-state index contributed by atoms with van der Waals surface area (Å²) in [4.78, 5) is 14.2. The Kier molecular flexibility index (Phi) is 8.67. The lowest BCUT2D eigenvalue weighted by molar-refractivity contribution is -0.120. The van der Waals surface area contributed by atoms with Gasteiger partial charge in [-0.25, -0.2) is 8.42 Å². The second-order valence-corrected chi connectivity index (χ2v) is 12.2. The number of hydrogen-bond acceptors (Lipinski definition) is 4. The number of benzene rings is 3. The lowest BCUT2D eigenvalue weighted by Gasteiger charge is -2.30. The molecular weight excluding hydrogens is 476 g/mol. The number of amides is 1. The van der Waals surface area contributed by atoms with Crippen molar-refractivity contribution in [2.75, 3.05) is 17.1 Å². The minimum absolute atomic E-state index is 0.138. The van der Waals surface area contributed by atoms with E-state index in [2.05, 4.69) is 31.3 Å². The standard InChI is InChI=1S/C28H34N2O3S2/c1-21-11-13-24(14-12-21)30(35(32,33)26-17-15-25(34-5)16-18-26)20-27(31)29-22(2)19-28(3,4)23-9-7-6-8-10-23/h6-18,22H,19-20H2,1-5H3,(H,29,31). The van der Waals surface area contributed by atoms with Crippen molar-refractivity contribution in [3.05, 3.63) is 90.0 Å². The minimum Gasteiger partial charge on any atom is -0.352 e. The predicted molar refractivity (Wildman–Crippen MR) is 146 cm³/mol. The van der Waals surface area contributed by atoms with Crippen molar-refractivity contribution in [2.45, 2.75) is 55.4 Å². The van der Waals surface area contributed by atoms with E-state index in [1.807, 2.05) is 50.4 Å². The van der Waals surface area contributed by atoms with Gasteiger partial charge in [0.15, 0.2) is 0 Å². The van der Waals surface area contributed by atoms with Gasteiger partial charge in [-0.05, 0) is 73.9 Å². The van der Waals surface area contributed by atoms with Crippen molar-refractivity contribution in [1.82, 2.24) is 5.32 Å². The summed E-state index contributed by atoms with van der Waals surface area (Å²) >= 11 is 1.54. The van der Waals surface area contributed by atoms with Crippen molar-refractivity contribution in [1.29, 1.82) is 0 Å². The molecule has 0 aliphatic rings. The molecule has 0 bridgehead atoms. The molecule has 3 aromatic carbocycles. The third-order valence-corrected chi connectivity index (χ3v) is 8.57. The Labute approximate surface area is 214 Å². The molecule has 0 spiro atoms. The van der Waals surface area contributed by atoms with E-state index in [0.29, 0.717) is 5.69 Å². The Morgan fingerprint density at radius 1 is 0.971 bits per heavy atom. The first-order valence-electron chi connectivity index (χ1n) is 11.6. The van der Waals surface area contributed by atoms with Crippen LogP contribution in [0.4, 0.5) is 5.69 Å². The van der Waals surface area contributed by atoms with E-state index in [1.165, 1.54) is 9.87 Å². The van der Waals surface area contributed by atoms with Crippen LogP contribution >= 0.6 is 11.8 Å². The van der Waals surface area contributed by atoms with E-state index in [4.69, 9.17) is 0 Å². The van der Waals surface area contributed by atoms with Gasteiger partial charge in [0.25, 0.3) is 10.0 Å². The average Bonchev–Trinajstić information content (AvgIpc) is 2.83. The number of anilines is 1. The van der Waals surface area contributed by atoms with Gasteiger partial charge in [0.1, 0.15) is 6.54 Å². The lowest BCUT2D eigenvalue weighted by Crippen LogP contribution is -2.45. The maximum Gasteiger partial charge on any atom is 0.264 e. The summed E-state index contributed by atoms with van der Waals surface area (Å²) in [6.45, 7) is 7.88. The van der Waals surface area contributed by atoms with E-state index in [-0.39, 0.29) is 28.8 Å². The zero-order valence-corrected chi connectivity index (χ0v) is 22.6. The summed E-state index contributed by atoms with van der Waals surface area (Å²) in [6, 6.07) is 23.9. The van der Waals surface area contributed by atoms with Crippen LogP contribution in [0.25, 0.3) is 0 Å². The Hall–Kier alpha value is -2.77. The molecule has 1 unspecified atom stereocenters. The fourth-order valence-corrected chi connectivity index (χ4v) is 6.00. The highest BCUT2D eigenvalue weighted by Gasteiger charge is 2.29. The van der Waals surface area contributed by atoms with Crippen molar-refractivity contribution in [2.24, 2.45) is 0 Å². The van der Waals surface area contributed by atoms with Gasteiger partial charge in [0.05, 0.1) is 10.6 Å². The average molecular weight is 511 g/mol. The molecule has 1 atom stereocenters. The van der Waals surface area contributed by atoms with Crippen LogP contribution in [0.1, 0.15) is 38.3 Å². The summed E-state index contributed by atoms with van der Waals surface area (Å²) in [5, 5.41) is 3.01. The van der Waals surface area contributed by atoms with Crippen LogP contribution in [-0.4, -0.2) is 33.2 Å². The number of carbonyl (C=O) groups excluding carboxylic acids is 1. The molecule has 0 radical (unpaired) electrons. The molecule has 35 heavy (non-hydrogen) atoms. The van der Waals surface area contributed by atoms with Gasteiger partial charge < -0.3 is 5.32 Å². The van der Waals surface area contributed by atoms with Gasteiger partial charge >= 0.3 is 0 Å². The Morgan fingerprint density at radius 3 is 2.14 bits per heavy atom. The normalized spacial score (nSPS) is 12.7. The molecule has 0 heterocycles. The molecule has 186 valence electrons. The summed E-state index contributed by atoms with van der Waals surface area (Å²) in [6.07, 6.45) is 2.66. The second kappa shape index (κ2) is 11.3. The van der Waals surface area contributed by atoms with Crippen LogP contribution in [0.3, 0.4) is 0 Å². The molecule has 3 aromatic rings. The first-order chi connectivity index (χ1) is 16.5. The third-order valence-electron chi connectivity index (χ3n) is 6.04. The molecule has 3 rings (SSSR count). The highest BCUT2D eigenvalue weighted by atomic mass is 32.2. The van der Waals surface area contributed by atoms with Crippen LogP contribution in [0, 0.1) is 6.92 Å². The fourth-order valence-electron chi connectivity index (χ4n) is 4.18. The van der Waals surface area contributed by atoms with Crippen molar-refractivity contribution in [3.63, 3.8) is 0 Å². The fraction of sp³-hybridized carbons (Fsp3) is 0.321. The Morgan fingerprint density at radius 2 is 1.57 bits per heavy atom. The molecule has 0 saturated heterocycles. The van der Waals surface area contributed by atoms with E-state index in [9.17, 15) is 13.2 Å². The maximum atomic E-state index is 13.6. The molecule has 0 fully saturated rings. The van der Waals surface area contributed by atoms with Crippen LogP contribution in [0.2, 0.25) is 0 Å². The predicted octanol–water partition coefficient (Wildman–Crippen LogP) is 5.78. The molecule has 0 aromatic heterocycles. The zero-order valence-electron chi connectivity index (χ0n) is 21.0. The first kappa shape index (κ1) is 26.8. The number of aryl methyl sites for hydroxylation is 1. The van der Waals surface area contributed by atoms with E-state index in [1.54, 1.807) is 48.2 Å². The molecule has 0 aliphatic heterocycles. The number of thioether (sulfide) groups is 1. The number of nitrogens with zero attached hydrogens (tertiary/aromatic N) is 1. The Bertz CT molecular complexity index is 1220. The quantitative estimate of drug-likeness (QED) is 0.351. The van der Waals surface area contributed by atoms with Crippen molar-refractivity contribution >= 4 is 33.4 Å². The third kappa shape index (κ3) is 6.89. The number of carbonyl (C=O) groups is 1. The highest BCUT2D eigenvalue weighted by molar-refractivity contribution is 7.98. The molecule has 5 nitrogen and oxygen atoms in total. The van der Waals surface area contributed by atoms with Crippen molar-refractivity contribution in [3.8, 4) is 0 Å². The molecule has 0 saturated carbocycles. The SMILES string of the molecule is CSc1ccc(S(=O)(=O)N(CC(=O)NC(C)CC(C)(C)c2ccccc2)c2ccc(C)cc2)cc1. The van der Waals surface area contributed by atoms with Gasteiger partial charge in [0, 0.05) is 10.9 Å². The largest absolute Gasteiger partial charge is 0.352 e. The van der Waals surface area contributed by atoms with Gasteiger partial charge in [-0.1, -0.05) is 61.9 Å². The molecule has 1 N–H and O–H groups in total. The summed E-state index contributed by atoms with van der Waals surface area (Å²) in [5.41, 5.74) is 2.52. The molecule has 0 aliphatic carbocycles. The topological polar surface area (TPSA) is 66.5 Å². The van der Waals surface area contributed by atoms with E-state index < -0.39 is 10.0 Å². The molecular formula is C28H34N2O3S2. The van der Waals surface area contributed by atoms with Gasteiger partial charge in [-0.2, -0.15) is 0 Å². The van der Waals surface area contributed by atoms with Gasteiger partial charge in [-0.15, -0.1) is 11.8 Å². The Balaban J connectivity index is 1.80. The van der Waals surface area contributed by atoms with Crippen LogP contribution in [0.5, 0.6) is 0 Å². The number of rotatable bonds is 10. The van der Waals surface area contributed by atoms with E-state index >= 15 is 0 Å². The minimum atomic E-state index is -3.94. The summed E-state index contributed by atoms with van der Waals surface area (Å²) < 4.78 is 28.4. The lowest BCUT2D eigenvalue weighted by atomic mass is 9.79. The van der Waals surface area contributed by atoms with Gasteiger partial charge in [-0.3, -0.25) is 9.10 Å². The molecule has 7 heteroatoms. The van der Waals surface area contributed by atoms with Crippen molar-refractivity contribution < 1.29 is 13.2 Å². The van der Waals surface area contributed by atoms with Crippen LogP contribution < -0.4 is 9.62 Å². The molecule has 1 amide bonds. The van der Waals surface area contributed by atoms with Gasteiger partial charge in [0.2, 0.25) is 5.91 Å². The zero-order chi connectivity index (χ0) is 25.6.